The molecule has 0 bridgehead atoms. The van der Waals surface area contributed by atoms with E-state index in [0.717, 1.165) is 32.1 Å². The summed E-state index contributed by atoms with van der Waals surface area (Å²) in [6.45, 7) is 5.93. The van der Waals surface area contributed by atoms with Crippen LogP contribution in [0.3, 0.4) is 0 Å². The van der Waals surface area contributed by atoms with Crippen LogP contribution in [-0.2, 0) is 9.62 Å². The molecule has 5 heteroatoms. The van der Waals surface area contributed by atoms with Gasteiger partial charge in [0.25, 0.3) is 0 Å². The van der Waals surface area contributed by atoms with Crippen LogP contribution in [0.4, 0.5) is 4.79 Å². The lowest BCUT2D eigenvalue weighted by Crippen LogP contribution is -2.41. The van der Waals surface area contributed by atoms with Crippen LogP contribution in [0.15, 0.2) is 0 Å². The molecule has 5 nitrogen and oxygen atoms in total. The molecule has 2 atom stereocenters. The minimum atomic E-state index is -0.455. The Morgan fingerprint density at radius 2 is 2.11 bits per heavy atom. The molecule has 1 rings (SSSR count). The molecule has 0 spiro atoms. The summed E-state index contributed by atoms with van der Waals surface area (Å²) in [5.41, 5.74) is -0.455. The van der Waals surface area contributed by atoms with Crippen molar-refractivity contribution >= 4 is 6.09 Å². The molecule has 2 N–H and O–H groups in total. The van der Waals surface area contributed by atoms with Gasteiger partial charge in [0.15, 0.2) is 0 Å². The first-order valence-electron chi connectivity index (χ1n) is 6.66. The van der Waals surface area contributed by atoms with Crippen molar-refractivity contribution in [1.29, 1.82) is 0 Å². The molecule has 0 aromatic heterocycles. The van der Waals surface area contributed by atoms with Crippen molar-refractivity contribution in [3.63, 3.8) is 0 Å². The number of hydrogen-bond acceptors (Lipinski definition) is 4. The molecule has 1 amide bonds. The van der Waals surface area contributed by atoms with Crippen LogP contribution in [0.5, 0.6) is 0 Å². The van der Waals surface area contributed by atoms with Crippen LogP contribution in [0.25, 0.3) is 0 Å². The third kappa shape index (κ3) is 6.21. The van der Waals surface area contributed by atoms with E-state index in [1.807, 2.05) is 20.8 Å². The molecule has 18 heavy (non-hydrogen) atoms. The van der Waals surface area contributed by atoms with Crippen molar-refractivity contribution in [2.45, 2.75) is 64.5 Å². The summed E-state index contributed by atoms with van der Waals surface area (Å²) in [6.07, 6.45) is 4.65. The monoisotopic (exact) mass is 259 g/mol. The Kier molecular flexibility index (Phi) is 5.88. The zero-order valence-electron chi connectivity index (χ0n) is 11.6. The van der Waals surface area contributed by atoms with Gasteiger partial charge in [0.05, 0.1) is 6.61 Å². The Bertz CT molecular complexity index is 262. The molecule has 1 aliphatic carbocycles. The third-order valence-corrected chi connectivity index (χ3v) is 3.12. The van der Waals surface area contributed by atoms with Gasteiger partial charge in [0, 0.05) is 6.04 Å². The van der Waals surface area contributed by atoms with Gasteiger partial charge in [-0.05, 0) is 46.0 Å². The summed E-state index contributed by atoms with van der Waals surface area (Å²) in [4.78, 5) is 15.8. The van der Waals surface area contributed by atoms with Crippen molar-refractivity contribution in [2.24, 2.45) is 5.92 Å². The predicted molar refractivity (Wildman–Crippen MR) is 68.3 cm³/mol. The first kappa shape index (κ1) is 15.2. The first-order valence-corrected chi connectivity index (χ1v) is 6.66. The molecule has 1 fully saturated rings. The second-order valence-corrected chi connectivity index (χ2v) is 6.00. The van der Waals surface area contributed by atoms with Crippen molar-refractivity contribution in [3.8, 4) is 0 Å². The highest BCUT2D eigenvalue weighted by molar-refractivity contribution is 5.68. The van der Waals surface area contributed by atoms with Crippen LogP contribution in [0.2, 0.25) is 0 Å². The van der Waals surface area contributed by atoms with E-state index in [2.05, 4.69) is 10.2 Å². The minimum absolute atomic E-state index is 0.178. The molecule has 1 aliphatic rings. The molecule has 2 unspecified atom stereocenters. The first-order chi connectivity index (χ1) is 8.40. The van der Waals surface area contributed by atoms with Crippen molar-refractivity contribution < 1.29 is 19.7 Å². The summed E-state index contributed by atoms with van der Waals surface area (Å²) in [7, 11) is 0. The topological polar surface area (TPSA) is 67.8 Å². The smallest absolute Gasteiger partial charge is 0.407 e. The largest absolute Gasteiger partial charge is 0.444 e. The molecule has 106 valence electrons. The third-order valence-electron chi connectivity index (χ3n) is 3.12. The fraction of sp³-hybridized carbons (Fsp3) is 0.923. The van der Waals surface area contributed by atoms with Crippen molar-refractivity contribution in [1.82, 2.24) is 5.32 Å². The number of nitrogens with one attached hydrogen (secondary N) is 1. The minimum Gasteiger partial charge on any atom is -0.444 e. The van der Waals surface area contributed by atoms with E-state index in [4.69, 9.17) is 9.99 Å². The number of amides is 1. The summed E-state index contributed by atoms with van der Waals surface area (Å²) < 4.78 is 5.24. The second kappa shape index (κ2) is 6.95. The van der Waals surface area contributed by atoms with Gasteiger partial charge in [0.1, 0.15) is 5.60 Å². The molecule has 0 saturated heterocycles. The van der Waals surface area contributed by atoms with Crippen LogP contribution < -0.4 is 5.32 Å². The highest BCUT2D eigenvalue weighted by Gasteiger charge is 2.25. The van der Waals surface area contributed by atoms with Gasteiger partial charge in [-0.2, -0.15) is 0 Å². The summed E-state index contributed by atoms with van der Waals surface area (Å²) >= 11 is 0. The number of rotatable bonds is 4. The van der Waals surface area contributed by atoms with E-state index >= 15 is 0 Å². The fourth-order valence-corrected chi connectivity index (χ4v) is 2.38. The van der Waals surface area contributed by atoms with Gasteiger partial charge in [-0.3, -0.25) is 5.26 Å². The molecule has 0 aliphatic heterocycles. The fourth-order valence-electron chi connectivity index (χ4n) is 2.38. The maximum absolute atomic E-state index is 11.6. The van der Waals surface area contributed by atoms with Gasteiger partial charge in [-0.15, -0.1) is 0 Å². The summed E-state index contributed by atoms with van der Waals surface area (Å²) in [6, 6.07) is 0.178. The average molecular weight is 259 g/mol. The van der Waals surface area contributed by atoms with Crippen LogP contribution in [0.1, 0.15) is 52.9 Å². The SMILES string of the molecule is CC(C)(C)OC(=O)NC1CCCC(CCOO)C1. The molecular formula is C13H25NO4. The van der Waals surface area contributed by atoms with Crippen molar-refractivity contribution in [2.75, 3.05) is 6.61 Å². The highest BCUT2D eigenvalue weighted by Crippen LogP contribution is 2.27. The zero-order chi connectivity index (χ0) is 13.6. The lowest BCUT2D eigenvalue weighted by Gasteiger charge is -2.30. The van der Waals surface area contributed by atoms with Gasteiger partial charge in [0.2, 0.25) is 0 Å². The average Bonchev–Trinajstić information content (AvgIpc) is 2.24. The Morgan fingerprint density at radius 3 is 2.72 bits per heavy atom. The van der Waals surface area contributed by atoms with E-state index in [1.165, 1.54) is 0 Å². The Labute approximate surface area is 109 Å². The maximum Gasteiger partial charge on any atom is 0.407 e. The van der Waals surface area contributed by atoms with Gasteiger partial charge < -0.3 is 10.1 Å². The molecule has 0 aromatic rings. The van der Waals surface area contributed by atoms with E-state index in [0.29, 0.717) is 12.5 Å². The quantitative estimate of drug-likeness (QED) is 0.601. The van der Waals surface area contributed by atoms with Crippen LogP contribution in [0, 0.1) is 5.92 Å². The van der Waals surface area contributed by atoms with E-state index in [1.54, 1.807) is 0 Å². The zero-order valence-corrected chi connectivity index (χ0v) is 11.6. The molecule has 1 saturated carbocycles. The van der Waals surface area contributed by atoms with Crippen LogP contribution in [-0.4, -0.2) is 29.6 Å². The van der Waals surface area contributed by atoms with E-state index in [9.17, 15) is 4.79 Å². The molecule has 0 radical (unpaired) electrons. The predicted octanol–water partition coefficient (Wildman–Crippen LogP) is 2.95. The normalized spacial score (nSPS) is 24.7. The number of carbonyl (C=O) groups excluding carboxylic acids is 1. The van der Waals surface area contributed by atoms with Gasteiger partial charge in [-0.25, -0.2) is 9.68 Å². The Hall–Kier alpha value is -0.810. The molecular weight excluding hydrogens is 234 g/mol. The van der Waals surface area contributed by atoms with Gasteiger partial charge >= 0.3 is 6.09 Å². The van der Waals surface area contributed by atoms with E-state index in [-0.39, 0.29) is 12.1 Å². The summed E-state index contributed by atoms with van der Waals surface area (Å²) in [5, 5.41) is 11.3. The standard InChI is InChI=1S/C13H25NO4/c1-13(2,3)18-12(15)14-11-6-4-5-10(9-11)7-8-17-16/h10-11,16H,4-9H2,1-3H3,(H,14,15). The Morgan fingerprint density at radius 1 is 1.39 bits per heavy atom. The highest BCUT2D eigenvalue weighted by atomic mass is 17.1. The summed E-state index contributed by atoms with van der Waals surface area (Å²) in [5.74, 6) is 0.505. The number of alkyl carbamates (subject to hydrolysis) is 1. The Balaban J connectivity index is 2.31. The lowest BCUT2D eigenvalue weighted by molar-refractivity contribution is -0.244. The second-order valence-electron chi connectivity index (χ2n) is 6.00. The molecule has 0 aromatic carbocycles. The number of ether oxygens (including phenoxy) is 1. The number of carbonyl (C=O) groups is 1. The van der Waals surface area contributed by atoms with E-state index < -0.39 is 5.60 Å². The number of hydrogen-bond donors (Lipinski definition) is 2. The van der Waals surface area contributed by atoms with Crippen molar-refractivity contribution in [3.05, 3.63) is 0 Å². The van der Waals surface area contributed by atoms with Crippen LogP contribution >= 0.6 is 0 Å². The lowest BCUT2D eigenvalue weighted by atomic mass is 9.84. The maximum atomic E-state index is 11.6. The molecule has 0 heterocycles. The van der Waals surface area contributed by atoms with Gasteiger partial charge in [-0.1, -0.05) is 12.8 Å².